The molecule has 74 valence electrons. The topological polar surface area (TPSA) is 47.0 Å². The van der Waals surface area contributed by atoms with Crippen molar-refractivity contribution in [2.24, 2.45) is 0 Å². The van der Waals surface area contributed by atoms with Gasteiger partial charge in [0.05, 0.1) is 5.69 Å². The average molecular weight is 201 g/mol. The van der Waals surface area contributed by atoms with Crippen LogP contribution in [0.4, 0.5) is 0 Å². The minimum Gasteiger partial charge on any atom is -0.385 e. The van der Waals surface area contributed by atoms with Crippen molar-refractivity contribution in [3.8, 4) is 0 Å². The van der Waals surface area contributed by atoms with Gasteiger partial charge in [0.15, 0.2) is 0 Å². The number of methoxy groups -OCH3 is 1. The lowest BCUT2D eigenvalue weighted by Gasteiger charge is -2.01. The van der Waals surface area contributed by atoms with Gasteiger partial charge in [0.25, 0.3) is 0 Å². The van der Waals surface area contributed by atoms with Crippen LogP contribution in [0, 0.1) is 0 Å². The molecule has 0 fully saturated rings. The minimum absolute atomic E-state index is 0.823. The molecule has 0 saturated heterocycles. The lowest BCUT2D eigenvalue weighted by Crippen LogP contribution is -2.15. The monoisotopic (exact) mass is 201 g/mol. The van der Waals surface area contributed by atoms with E-state index in [9.17, 15) is 0 Å². The van der Waals surface area contributed by atoms with Gasteiger partial charge in [-0.1, -0.05) is 4.49 Å². The fourth-order valence-corrected chi connectivity index (χ4v) is 1.43. The number of nitrogens with zero attached hydrogens (tertiary/aromatic N) is 2. The first-order chi connectivity index (χ1) is 6.43. The van der Waals surface area contributed by atoms with Crippen molar-refractivity contribution in [1.29, 1.82) is 0 Å². The van der Waals surface area contributed by atoms with Gasteiger partial charge in [-0.15, -0.1) is 5.10 Å². The second-order valence-corrected chi connectivity index (χ2v) is 3.38. The Kier molecular flexibility index (Phi) is 5.64. The minimum atomic E-state index is 0.823. The zero-order valence-electron chi connectivity index (χ0n) is 7.82. The summed E-state index contributed by atoms with van der Waals surface area (Å²) in [7, 11) is 1.73. The van der Waals surface area contributed by atoms with E-state index in [0.29, 0.717) is 0 Å². The van der Waals surface area contributed by atoms with E-state index in [1.807, 2.05) is 5.38 Å². The highest BCUT2D eigenvalue weighted by molar-refractivity contribution is 7.03. The van der Waals surface area contributed by atoms with E-state index in [1.165, 1.54) is 11.5 Å². The summed E-state index contributed by atoms with van der Waals surface area (Å²) < 4.78 is 8.73. The zero-order valence-corrected chi connectivity index (χ0v) is 8.64. The molecular weight excluding hydrogens is 186 g/mol. The summed E-state index contributed by atoms with van der Waals surface area (Å²) in [4.78, 5) is 0. The third-order valence-corrected chi connectivity index (χ3v) is 2.22. The van der Waals surface area contributed by atoms with Gasteiger partial charge in [0.1, 0.15) is 0 Å². The molecule has 0 atom stereocenters. The molecule has 5 heteroatoms. The number of hydrogen-bond acceptors (Lipinski definition) is 5. The maximum absolute atomic E-state index is 4.95. The molecule has 1 rings (SSSR count). The summed E-state index contributed by atoms with van der Waals surface area (Å²) in [5.74, 6) is 0. The zero-order chi connectivity index (χ0) is 9.36. The molecule has 4 nitrogen and oxygen atoms in total. The van der Waals surface area contributed by atoms with E-state index in [-0.39, 0.29) is 0 Å². The maximum atomic E-state index is 4.95. The molecule has 0 aliphatic heterocycles. The second kappa shape index (κ2) is 6.94. The summed E-state index contributed by atoms with van der Waals surface area (Å²) in [5.41, 5.74) is 1.02. The molecule has 0 bridgehead atoms. The standard InChI is InChI=1S/C8H15N3OS/c1-12-5-3-2-4-9-6-8-7-13-11-10-8/h7,9H,2-6H2,1H3. The van der Waals surface area contributed by atoms with Crippen LogP contribution in [0.1, 0.15) is 18.5 Å². The lowest BCUT2D eigenvalue weighted by atomic mass is 10.3. The average Bonchev–Trinajstić information content (AvgIpc) is 2.63. The van der Waals surface area contributed by atoms with Crippen molar-refractivity contribution >= 4 is 11.5 Å². The molecule has 1 N–H and O–H groups in total. The van der Waals surface area contributed by atoms with Crippen LogP contribution in [0.15, 0.2) is 5.38 Å². The van der Waals surface area contributed by atoms with Crippen molar-refractivity contribution < 1.29 is 4.74 Å². The maximum Gasteiger partial charge on any atom is 0.0893 e. The highest BCUT2D eigenvalue weighted by atomic mass is 32.1. The quantitative estimate of drug-likeness (QED) is 0.670. The van der Waals surface area contributed by atoms with Gasteiger partial charge in [-0.25, -0.2) is 0 Å². The number of nitrogens with one attached hydrogen (secondary N) is 1. The van der Waals surface area contributed by atoms with E-state index >= 15 is 0 Å². The molecule has 0 aliphatic carbocycles. The third-order valence-electron chi connectivity index (χ3n) is 1.66. The highest BCUT2D eigenvalue weighted by Gasteiger charge is 1.94. The first-order valence-electron chi connectivity index (χ1n) is 4.39. The summed E-state index contributed by atoms with van der Waals surface area (Å²) in [6.07, 6.45) is 2.25. The Morgan fingerprint density at radius 1 is 1.54 bits per heavy atom. The van der Waals surface area contributed by atoms with Crippen molar-refractivity contribution in [2.45, 2.75) is 19.4 Å². The van der Waals surface area contributed by atoms with Gasteiger partial charge >= 0.3 is 0 Å². The Hall–Kier alpha value is -0.520. The van der Waals surface area contributed by atoms with Crippen molar-refractivity contribution in [2.75, 3.05) is 20.3 Å². The number of rotatable bonds is 7. The van der Waals surface area contributed by atoms with E-state index < -0.39 is 0 Å². The van der Waals surface area contributed by atoms with Crippen LogP contribution >= 0.6 is 11.5 Å². The highest BCUT2D eigenvalue weighted by Crippen LogP contribution is 1.95. The van der Waals surface area contributed by atoms with Crippen molar-refractivity contribution in [3.05, 3.63) is 11.1 Å². The molecule has 0 spiro atoms. The molecule has 0 aliphatic rings. The number of unbranched alkanes of at least 4 members (excludes halogenated alkanes) is 1. The number of aromatic nitrogens is 2. The molecule has 0 radical (unpaired) electrons. The predicted molar refractivity (Wildman–Crippen MR) is 52.7 cm³/mol. The Labute approximate surface area is 82.5 Å². The summed E-state index contributed by atoms with van der Waals surface area (Å²) in [5, 5.41) is 9.19. The molecule has 1 aromatic heterocycles. The smallest absolute Gasteiger partial charge is 0.0893 e. The van der Waals surface area contributed by atoms with Crippen LogP contribution in [0.2, 0.25) is 0 Å². The van der Waals surface area contributed by atoms with E-state index in [1.54, 1.807) is 7.11 Å². The third kappa shape index (κ3) is 4.92. The first kappa shape index (κ1) is 10.6. The van der Waals surface area contributed by atoms with Crippen molar-refractivity contribution in [1.82, 2.24) is 14.9 Å². The molecule has 1 heterocycles. The molecule has 0 aromatic carbocycles. The van der Waals surface area contributed by atoms with E-state index in [0.717, 1.165) is 38.2 Å². The van der Waals surface area contributed by atoms with Crippen LogP contribution in [-0.4, -0.2) is 29.8 Å². The molecule has 0 unspecified atom stereocenters. The second-order valence-electron chi connectivity index (χ2n) is 2.77. The normalized spacial score (nSPS) is 10.5. The fourth-order valence-electron chi connectivity index (χ4n) is 0.974. The van der Waals surface area contributed by atoms with Crippen LogP contribution in [0.3, 0.4) is 0 Å². The van der Waals surface area contributed by atoms with Crippen molar-refractivity contribution in [3.63, 3.8) is 0 Å². The predicted octanol–water partition coefficient (Wildman–Crippen LogP) is 1.05. The lowest BCUT2D eigenvalue weighted by molar-refractivity contribution is 0.192. The van der Waals surface area contributed by atoms with Gasteiger partial charge in [-0.05, 0) is 30.9 Å². The molecular formula is C8H15N3OS. The van der Waals surface area contributed by atoms with E-state index in [2.05, 4.69) is 14.9 Å². The Morgan fingerprint density at radius 3 is 3.15 bits per heavy atom. The first-order valence-corrected chi connectivity index (χ1v) is 5.22. The largest absolute Gasteiger partial charge is 0.385 e. The number of ether oxygens (including phenoxy) is 1. The van der Waals surface area contributed by atoms with Gasteiger partial charge in [-0.3, -0.25) is 0 Å². The van der Waals surface area contributed by atoms with Crippen LogP contribution in [-0.2, 0) is 11.3 Å². The summed E-state index contributed by atoms with van der Waals surface area (Å²) >= 11 is 1.39. The van der Waals surface area contributed by atoms with Crippen LogP contribution < -0.4 is 5.32 Å². The Morgan fingerprint density at radius 2 is 2.46 bits per heavy atom. The number of hydrogen-bond donors (Lipinski definition) is 1. The Bertz CT molecular complexity index is 203. The summed E-state index contributed by atoms with van der Waals surface area (Å²) in [6, 6.07) is 0. The molecule has 13 heavy (non-hydrogen) atoms. The molecule has 0 amide bonds. The summed E-state index contributed by atoms with van der Waals surface area (Å²) in [6.45, 7) is 2.68. The van der Waals surface area contributed by atoms with Gasteiger partial charge in [0, 0.05) is 25.6 Å². The van der Waals surface area contributed by atoms with E-state index in [4.69, 9.17) is 4.74 Å². The van der Waals surface area contributed by atoms with Crippen LogP contribution in [0.25, 0.3) is 0 Å². The Balaban J connectivity index is 1.90. The SMILES string of the molecule is COCCCCNCc1csnn1. The molecule has 1 aromatic rings. The molecule has 0 saturated carbocycles. The van der Waals surface area contributed by atoms with Crippen LogP contribution in [0.5, 0.6) is 0 Å². The van der Waals surface area contributed by atoms with Gasteiger partial charge in [-0.2, -0.15) is 0 Å². The van der Waals surface area contributed by atoms with Gasteiger partial charge in [0.2, 0.25) is 0 Å². The fraction of sp³-hybridized carbons (Fsp3) is 0.750. The van der Waals surface area contributed by atoms with Gasteiger partial charge < -0.3 is 10.1 Å².